The van der Waals surface area contributed by atoms with Crippen LogP contribution in [-0.2, 0) is 14.3 Å². The molecule has 130 valence electrons. The van der Waals surface area contributed by atoms with Gasteiger partial charge in [-0.2, -0.15) is 4.68 Å². The Hall–Kier alpha value is -3.03. The summed E-state index contributed by atoms with van der Waals surface area (Å²) in [4.78, 5) is 26.3. The van der Waals surface area contributed by atoms with E-state index in [1.54, 1.807) is 17.9 Å². The summed E-state index contributed by atoms with van der Waals surface area (Å²) in [6.45, 7) is 2.83. The number of rotatable bonds is 5. The summed E-state index contributed by atoms with van der Waals surface area (Å²) in [6, 6.07) is 9.30. The van der Waals surface area contributed by atoms with Gasteiger partial charge in [-0.15, -0.1) is 5.10 Å². The molecule has 25 heavy (non-hydrogen) atoms. The Balaban J connectivity index is 1.77. The Labute approximate surface area is 145 Å². The first kappa shape index (κ1) is 16.8. The van der Waals surface area contributed by atoms with Crippen LogP contribution in [0.25, 0.3) is 11.8 Å². The van der Waals surface area contributed by atoms with Crippen LogP contribution in [0.2, 0.25) is 0 Å². The van der Waals surface area contributed by atoms with E-state index in [1.165, 1.54) is 4.68 Å². The minimum absolute atomic E-state index is 0.155. The predicted octanol–water partition coefficient (Wildman–Crippen LogP) is 1.15. The number of carbonyl (C=O) groups excluding carboxylic acids is 2. The molecule has 1 aliphatic heterocycles. The highest BCUT2D eigenvalue weighted by molar-refractivity contribution is 6.15. The number of nitrogens with zero attached hydrogens (tertiary/aromatic N) is 5. The van der Waals surface area contributed by atoms with Crippen molar-refractivity contribution in [2.45, 2.75) is 19.8 Å². The summed E-state index contributed by atoms with van der Waals surface area (Å²) in [5.74, 6) is -0.379. The van der Waals surface area contributed by atoms with Crippen LogP contribution in [0.3, 0.4) is 0 Å². The quantitative estimate of drug-likeness (QED) is 0.598. The van der Waals surface area contributed by atoms with E-state index in [2.05, 4.69) is 15.5 Å². The van der Waals surface area contributed by atoms with Crippen molar-refractivity contribution in [3.8, 4) is 0 Å². The van der Waals surface area contributed by atoms with Crippen LogP contribution in [0.1, 0.15) is 24.2 Å². The number of hydrogen-bond donors (Lipinski definition) is 0. The van der Waals surface area contributed by atoms with E-state index in [0.29, 0.717) is 5.82 Å². The number of ether oxygens (including phenoxy) is 1. The molecular formula is C17H19N5O3. The number of aryl methyl sites for hydroxylation is 1. The predicted molar refractivity (Wildman–Crippen MR) is 89.9 cm³/mol. The van der Waals surface area contributed by atoms with Crippen molar-refractivity contribution in [2.24, 2.45) is 0 Å². The molecule has 0 radical (unpaired) electrons. The Morgan fingerprint density at radius 2 is 1.92 bits per heavy atom. The standard InChI is InChI=1S/C17H19N5O3/c1-13-18-19-20-22(13)15(11-14-7-3-2-4-8-14)17(24)25-12-16(23)21-9-5-6-10-21/h2-4,7-8,11H,5-6,9-10,12H2,1H3/b15-11-. The summed E-state index contributed by atoms with van der Waals surface area (Å²) >= 11 is 0. The van der Waals surface area contributed by atoms with Gasteiger partial charge in [-0.05, 0) is 41.8 Å². The van der Waals surface area contributed by atoms with E-state index in [0.717, 1.165) is 31.5 Å². The number of hydrogen-bond acceptors (Lipinski definition) is 6. The van der Waals surface area contributed by atoms with Crippen LogP contribution in [0.4, 0.5) is 0 Å². The molecule has 1 saturated heterocycles. The van der Waals surface area contributed by atoms with Gasteiger partial charge in [0.05, 0.1) is 0 Å². The second kappa shape index (κ2) is 7.69. The Morgan fingerprint density at radius 3 is 2.56 bits per heavy atom. The summed E-state index contributed by atoms with van der Waals surface area (Å²) < 4.78 is 6.52. The lowest BCUT2D eigenvalue weighted by Gasteiger charge is -2.15. The van der Waals surface area contributed by atoms with Gasteiger partial charge < -0.3 is 9.64 Å². The first-order chi connectivity index (χ1) is 12.1. The SMILES string of the molecule is Cc1nnnn1/C(=C\c1ccccc1)C(=O)OCC(=O)N1CCCC1. The van der Waals surface area contributed by atoms with E-state index in [4.69, 9.17) is 4.74 Å². The zero-order valence-electron chi connectivity index (χ0n) is 14.0. The van der Waals surface area contributed by atoms with Crippen LogP contribution in [0.15, 0.2) is 30.3 Å². The van der Waals surface area contributed by atoms with Gasteiger partial charge in [-0.1, -0.05) is 30.3 Å². The normalized spacial score (nSPS) is 14.6. The van der Waals surface area contributed by atoms with E-state index in [1.807, 2.05) is 30.3 Å². The molecule has 2 heterocycles. The van der Waals surface area contributed by atoms with Crippen molar-refractivity contribution in [2.75, 3.05) is 19.7 Å². The number of tetrazole rings is 1. The van der Waals surface area contributed by atoms with Crippen LogP contribution in [0.5, 0.6) is 0 Å². The molecule has 0 saturated carbocycles. The molecule has 1 aromatic carbocycles. The van der Waals surface area contributed by atoms with Crippen molar-refractivity contribution in [3.05, 3.63) is 41.7 Å². The molecule has 0 aliphatic carbocycles. The highest BCUT2D eigenvalue weighted by Crippen LogP contribution is 2.14. The van der Waals surface area contributed by atoms with Gasteiger partial charge in [0.1, 0.15) is 0 Å². The number of benzene rings is 1. The van der Waals surface area contributed by atoms with Crippen LogP contribution in [0, 0.1) is 6.92 Å². The Kier molecular flexibility index (Phi) is 5.17. The first-order valence-corrected chi connectivity index (χ1v) is 8.12. The maximum Gasteiger partial charge on any atom is 0.357 e. The van der Waals surface area contributed by atoms with E-state index in [9.17, 15) is 9.59 Å². The van der Waals surface area contributed by atoms with Gasteiger partial charge in [0.2, 0.25) is 0 Å². The molecular weight excluding hydrogens is 322 g/mol. The van der Waals surface area contributed by atoms with Crippen LogP contribution < -0.4 is 0 Å². The summed E-state index contributed by atoms with van der Waals surface area (Å²) in [7, 11) is 0. The molecule has 0 N–H and O–H groups in total. The third kappa shape index (κ3) is 4.09. The molecule has 2 aromatic rings. The van der Waals surface area contributed by atoms with E-state index in [-0.39, 0.29) is 18.2 Å². The molecule has 1 aromatic heterocycles. The maximum atomic E-state index is 12.5. The zero-order chi connectivity index (χ0) is 17.6. The molecule has 8 heteroatoms. The number of esters is 1. The lowest BCUT2D eigenvalue weighted by atomic mass is 10.2. The molecule has 1 fully saturated rings. The smallest absolute Gasteiger partial charge is 0.357 e. The topological polar surface area (TPSA) is 90.2 Å². The zero-order valence-corrected chi connectivity index (χ0v) is 14.0. The number of amides is 1. The van der Waals surface area contributed by atoms with Gasteiger partial charge in [0.25, 0.3) is 5.91 Å². The summed E-state index contributed by atoms with van der Waals surface area (Å²) in [6.07, 6.45) is 3.61. The first-order valence-electron chi connectivity index (χ1n) is 8.12. The minimum Gasteiger partial charge on any atom is -0.451 e. The maximum absolute atomic E-state index is 12.5. The van der Waals surface area contributed by atoms with Crippen molar-refractivity contribution in [3.63, 3.8) is 0 Å². The monoisotopic (exact) mass is 341 g/mol. The summed E-state index contributed by atoms with van der Waals surface area (Å²) in [5.41, 5.74) is 0.957. The third-order valence-electron chi connectivity index (χ3n) is 3.95. The van der Waals surface area contributed by atoms with Gasteiger partial charge in [0.15, 0.2) is 18.1 Å². The number of carbonyl (C=O) groups is 2. The molecule has 3 rings (SSSR count). The van der Waals surface area contributed by atoms with Crippen molar-refractivity contribution in [1.82, 2.24) is 25.1 Å². The Bertz CT molecular complexity index is 779. The molecule has 0 bridgehead atoms. The van der Waals surface area contributed by atoms with Crippen molar-refractivity contribution >= 4 is 23.6 Å². The lowest BCUT2D eigenvalue weighted by Crippen LogP contribution is -2.32. The molecule has 1 amide bonds. The lowest BCUT2D eigenvalue weighted by molar-refractivity contribution is -0.147. The fraction of sp³-hybridized carbons (Fsp3) is 0.353. The fourth-order valence-electron chi connectivity index (χ4n) is 2.63. The highest BCUT2D eigenvalue weighted by atomic mass is 16.5. The van der Waals surface area contributed by atoms with Gasteiger partial charge in [0, 0.05) is 13.1 Å². The molecule has 0 atom stereocenters. The van der Waals surface area contributed by atoms with Gasteiger partial charge >= 0.3 is 5.97 Å². The molecule has 0 unspecified atom stereocenters. The summed E-state index contributed by atoms with van der Waals surface area (Å²) in [5, 5.41) is 11.2. The number of likely N-dealkylation sites (tertiary alicyclic amines) is 1. The fourth-order valence-corrected chi connectivity index (χ4v) is 2.63. The van der Waals surface area contributed by atoms with Gasteiger partial charge in [-0.25, -0.2) is 4.79 Å². The Morgan fingerprint density at radius 1 is 1.20 bits per heavy atom. The molecule has 1 aliphatic rings. The van der Waals surface area contributed by atoms with Gasteiger partial charge in [-0.3, -0.25) is 4.79 Å². The van der Waals surface area contributed by atoms with E-state index >= 15 is 0 Å². The second-order valence-corrected chi connectivity index (χ2v) is 5.74. The average Bonchev–Trinajstić information content (AvgIpc) is 3.30. The number of aromatic nitrogens is 4. The van der Waals surface area contributed by atoms with E-state index < -0.39 is 5.97 Å². The molecule has 0 spiro atoms. The molecule has 8 nitrogen and oxygen atoms in total. The minimum atomic E-state index is -0.646. The second-order valence-electron chi connectivity index (χ2n) is 5.74. The van der Waals surface area contributed by atoms with Crippen molar-refractivity contribution in [1.29, 1.82) is 0 Å². The largest absolute Gasteiger partial charge is 0.451 e. The van der Waals surface area contributed by atoms with Crippen molar-refractivity contribution < 1.29 is 14.3 Å². The van der Waals surface area contributed by atoms with Crippen LogP contribution in [-0.4, -0.2) is 56.7 Å². The third-order valence-corrected chi connectivity index (χ3v) is 3.95. The van der Waals surface area contributed by atoms with Crippen LogP contribution >= 0.6 is 0 Å². The highest BCUT2D eigenvalue weighted by Gasteiger charge is 2.22. The average molecular weight is 341 g/mol.